The Labute approximate surface area is 104 Å². The number of para-hydroxylation sites is 1. The Morgan fingerprint density at radius 2 is 2.00 bits per heavy atom. The van der Waals surface area contributed by atoms with Gasteiger partial charge in [-0.15, -0.1) is 0 Å². The molecule has 0 amide bonds. The van der Waals surface area contributed by atoms with Crippen LogP contribution in [0, 0.1) is 17.0 Å². The van der Waals surface area contributed by atoms with Gasteiger partial charge in [0.15, 0.2) is 0 Å². The summed E-state index contributed by atoms with van der Waals surface area (Å²) in [5.74, 6) is -1.28. The van der Waals surface area contributed by atoms with E-state index in [4.69, 9.17) is 9.84 Å². The molecule has 0 aliphatic carbocycles. The Bertz CT molecular complexity index is 432. The van der Waals surface area contributed by atoms with Crippen LogP contribution in [0.15, 0.2) is 18.2 Å². The van der Waals surface area contributed by atoms with Gasteiger partial charge in [0, 0.05) is 18.8 Å². The van der Waals surface area contributed by atoms with E-state index in [0.717, 1.165) is 13.2 Å². The van der Waals surface area contributed by atoms with Crippen molar-refractivity contribution in [3.63, 3.8) is 0 Å². The molecular weight excluding hydrogens is 238 g/mol. The van der Waals surface area contributed by atoms with Crippen LogP contribution in [0.1, 0.15) is 28.8 Å². The molecular formula is C12H15NO5. The molecule has 1 saturated heterocycles. The molecule has 1 aromatic carbocycles. The number of nitro benzene ring substituents is 1. The van der Waals surface area contributed by atoms with E-state index in [2.05, 4.69) is 0 Å². The molecule has 0 bridgehead atoms. The topological polar surface area (TPSA) is 89.7 Å². The first-order chi connectivity index (χ1) is 8.54. The average Bonchev–Trinajstić information content (AvgIpc) is 2.86. The van der Waals surface area contributed by atoms with E-state index in [9.17, 15) is 14.9 Å². The average molecular weight is 253 g/mol. The lowest BCUT2D eigenvalue weighted by Gasteiger charge is -1.99. The van der Waals surface area contributed by atoms with Crippen molar-refractivity contribution in [3.8, 4) is 0 Å². The summed E-state index contributed by atoms with van der Waals surface area (Å²) in [4.78, 5) is 20.4. The number of aryl methyl sites for hydroxylation is 1. The summed E-state index contributed by atoms with van der Waals surface area (Å²) >= 11 is 0. The Kier molecular flexibility index (Phi) is 5.26. The minimum Gasteiger partial charge on any atom is -0.477 e. The summed E-state index contributed by atoms with van der Waals surface area (Å²) in [5.41, 5.74) is -0.259. The summed E-state index contributed by atoms with van der Waals surface area (Å²) in [7, 11) is 0. The predicted octanol–water partition coefficient (Wildman–Crippen LogP) is 2.40. The summed E-state index contributed by atoms with van der Waals surface area (Å²) in [5, 5.41) is 19.1. The number of hydrogen-bond donors (Lipinski definition) is 1. The highest BCUT2D eigenvalue weighted by atomic mass is 16.6. The van der Waals surface area contributed by atoms with Crippen LogP contribution in [0.4, 0.5) is 5.69 Å². The number of rotatable bonds is 2. The number of nitro groups is 1. The molecule has 1 N–H and O–H groups in total. The number of benzene rings is 1. The van der Waals surface area contributed by atoms with Gasteiger partial charge < -0.3 is 9.84 Å². The van der Waals surface area contributed by atoms with Gasteiger partial charge in [-0.05, 0) is 25.8 Å². The molecule has 1 aliphatic heterocycles. The lowest BCUT2D eigenvalue weighted by molar-refractivity contribution is -0.385. The van der Waals surface area contributed by atoms with Crippen molar-refractivity contribution in [2.24, 2.45) is 0 Å². The van der Waals surface area contributed by atoms with Crippen LogP contribution >= 0.6 is 0 Å². The monoisotopic (exact) mass is 253 g/mol. The number of ether oxygens (including phenoxy) is 1. The normalized spacial score (nSPS) is 13.6. The molecule has 1 aliphatic rings. The fourth-order valence-electron chi connectivity index (χ4n) is 1.58. The molecule has 1 heterocycles. The number of carboxylic acids is 1. The van der Waals surface area contributed by atoms with Crippen LogP contribution in [-0.2, 0) is 4.74 Å². The summed E-state index contributed by atoms with van der Waals surface area (Å²) in [6.45, 7) is 3.50. The summed E-state index contributed by atoms with van der Waals surface area (Å²) in [6.07, 6.45) is 2.56. The highest BCUT2D eigenvalue weighted by molar-refractivity contribution is 5.92. The molecule has 0 radical (unpaired) electrons. The largest absolute Gasteiger partial charge is 0.477 e. The van der Waals surface area contributed by atoms with E-state index in [1.54, 1.807) is 0 Å². The van der Waals surface area contributed by atoms with Gasteiger partial charge in [-0.3, -0.25) is 10.1 Å². The van der Waals surface area contributed by atoms with Gasteiger partial charge in [-0.25, -0.2) is 4.79 Å². The highest BCUT2D eigenvalue weighted by Crippen LogP contribution is 2.22. The van der Waals surface area contributed by atoms with Crippen LogP contribution in [-0.4, -0.2) is 29.2 Å². The second kappa shape index (κ2) is 6.70. The first-order valence-corrected chi connectivity index (χ1v) is 5.59. The fourth-order valence-corrected chi connectivity index (χ4v) is 1.58. The Balaban J connectivity index is 0.000000269. The number of carbonyl (C=O) groups is 1. The van der Waals surface area contributed by atoms with Gasteiger partial charge in [0.25, 0.3) is 5.69 Å². The van der Waals surface area contributed by atoms with E-state index in [1.165, 1.54) is 38.0 Å². The van der Waals surface area contributed by atoms with Gasteiger partial charge in [-0.1, -0.05) is 12.1 Å². The summed E-state index contributed by atoms with van der Waals surface area (Å²) < 4.78 is 4.94. The molecule has 2 rings (SSSR count). The molecule has 0 atom stereocenters. The standard InChI is InChI=1S/C8H7NO4.C4H8O/c1-5-3-2-4-6(8(10)11)7(5)9(12)13;1-2-4-5-3-1/h2-4H,1H3,(H,10,11);1-4H2. The van der Waals surface area contributed by atoms with Crippen molar-refractivity contribution in [3.05, 3.63) is 39.4 Å². The smallest absolute Gasteiger partial charge is 0.342 e. The number of nitrogens with zero attached hydrogens (tertiary/aromatic N) is 1. The third-order valence-electron chi connectivity index (χ3n) is 2.48. The van der Waals surface area contributed by atoms with Crippen LogP contribution in [0.25, 0.3) is 0 Å². The highest BCUT2D eigenvalue weighted by Gasteiger charge is 2.21. The van der Waals surface area contributed by atoms with Gasteiger partial charge in [0.1, 0.15) is 5.56 Å². The number of hydrogen-bond acceptors (Lipinski definition) is 4. The molecule has 1 fully saturated rings. The molecule has 98 valence electrons. The molecule has 0 aromatic heterocycles. The van der Waals surface area contributed by atoms with Crippen molar-refractivity contribution in [2.45, 2.75) is 19.8 Å². The third kappa shape index (κ3) is 3.81. The van der Waals surface area contributed by atoms with Crippen molar-refractivity contribution in [1.82, 2.24) is 0 Å². The van der Waals surface area contributed by atoms with Gasteiger partial charge >= 0.3 is 5.97 Å². The van der Waals surface area contributed by atoms with E-state index in [-0.39, 0.29) is 11.3 Å². The maximum atomic E-state index is 10.6. The zero-order chi connectivity index (χ0) is 13.5. The Morgan fingerprint density at radius 3 is 2.33 bits per heavy atom. The van der Waals surface area contributed by atoms with Crippen molar-refractivity contribution >= 4 is 11.7 Å². The van der Waals surface area contributed by atoms with Crippen molar-refractivity contribution < 1.29 is 19.6 Å². The molecule has 0 unspecified atom stereocenters. The van der Waals surface area contributed by atoms with Gasteiger partial charge in [0.05, 0.1) is 4.92 Å². The molecule has 1 aromatic rings. The fraction of sp³-hybridized carbons (Fsp3) is 0.417. The lowest BCUT2D eigenvalue weighted by Crippen LogP contribution is -2.03. The second-order valence-corrected chi connectivity index (χ2v) is 3.85. The van der Waals surface area contributed by atoms with Crippen LogP contribution in [0.2, 0.25) is 0 Å². The zero-order valence-electron chi connectivity index (χ0n) is 10.1. The van der Waals surface area contributed by atoms with Gasteiger partial charge in [-0.2, -0.15) is 0 Å². The van der Waals surface area contributed by atoms with Crippen molar-refractivity contribution in [2.75, 3.05) is 13.2 Å². The first-order valence-electron chi connectivity index (χ1n) is 5.59. The quantitative estimate of drug-likeness (QED) is 0.645. The number of aromatic carboxylic acids is 1. The molecule has 6 heteroatoms. The Morgan fingerprint density at radius 1 is 1.39 bits per heavy atom. The molecule has 0 spiro atoms. The van der Waals surface area contributed by atoms with Gasteiger partial charge in [0.2, 0.25) is 0 Å². The SMILES string of the molecule is C1CCOC1.Cc1cccc(C(=O)O)c1[N+](=O)[O-]. The van der Waals surface area contributed by atoms with E-state index >= 15 is 0 Å². The van der Waals surface area contributed by atoms with Crippen LogP contribution < -0.4 is 0 Å². The minimum absolute atomic E-state index is 0.273. The maximum absolute atomic E-state index is 10.6. The zero-order valence-corrected chi connectivity index (χ0v) is 10.1. The predicted molar refractivity (Wildman–Crippen MR) is 64.8 cm³/mol. The van der Waals surface area contributed by atoms with E-state index in [1.807, 2.05) is 0 Å². The van der Waals surface area contributed by atoms with Crippen LogP contribution in [0.5, 0.6) is 0 Å². The Hall–Kier alpha value is -1.95. The number of carboxylic acid groups (broad SMARTS) is 1. The minimum atomic E-state index is -1.28. The van der Waals surface area contributed by atoms with Crippen LogP contribution in [0.3, 0.4) is 0 Å². The first kappa shape index (κ1) is 14.1. The summed E-state index contributed by atoms with van der Waals surface area (Å²) in [6, 6.07) is 4.20. The second-order valence-electron chi connectivity index (χ2n) is 3.85. The van der Waals surface area contributed by atoms with E-state index < -0.39 is 10.9 Å². The lowest BCUT2D eigenvalue weighted by atomic mass is 10.1. The third-order valence-corrected chi connectivity index (χ3v) is 2.48. The van der Waals surface area contributed by atoms with Crippen molar-refractivity contribution in [1.29, 1.82) is 0 Å². The molecule has 6 nitrogen and oxygen atoms in total. The maximum Gasteiger partial charge on any atom is 0.342 e. The van der Waals surface area contributed by atoms with E-state index in [0.29, 0.717) is 5.56 Å². The molecule has 18 heavy (non-hydrogen) atoms. The molecule has 0 saturated carbocycles.